The van der Waals surface area contributed by atoms with Crippen LogP contribution in [0.5, 0.6) is 11.5 Å². The van der Waals surface area contributed by atoms with Gasteiger partial charge >= 0.3 is 0 Å². The molecule has 8 heteroatoms. The maximum absolute atomic E-state index is 13.1. The number of phenols is 1. The van der Waals surface area contributed by atoms with E-state index < -0.39 is 0 Å². The molecule has 0 bridgehead atoms. The number of phenolic OH excluding ortho intramolecular Hbond substituents is 1. The van der Waals surface area contributed by atoms with E-state index in [1.807, 2.05) is 29.5 Å². The number of rotatable bonds is 4. The normalized spacial score (nSPS) is 17.2. The molecule has 1 saturated heterocycles. The molecule has 0 aliphatic carbocycles. The molecule has 5 nitrogen and oxygen atoms in total. The number of aliphatic imine (C=N–C) groups is 1. The molecule has 2 aromatic carbocycles. The van der Waals surface area contributed by atoms with Crippen molar-refractivity contribution in [3.05, 3.63) is 56.3 Å². The first-order chi connectivity index (χ1) is 12.9. The van der Waals surface area contributed by atoms with Crippen LogP contribution < -0.4 is 4.74 Å². The fourth-order valence-corrected chi connectivity index (χ4v) is 4.17. The summed E-state index contributed by atoms with van der Waals surface area (Å²) < 4.78 is 18.9. The van der Waals surface area contributed by atoms with E-state index in [4.69, 9.17) is 4.74 Å². The average Bonchev–Trinajstić information content (AvgIpc) is 2.94. The first-order valence-electron chi connectivity index (χ1n) is 8.05. The molecule has 1 heterocycles. The van der Waals surface area contributed by atoms with E-state index in [-0.39, 0.29) is 17.5 Å². The van der Waals surface area contributed by atoms with E-state index in [0.717, 1.165) is 5.56 Å². The maximum Gasteiger partial charge on any atom is 0.266 e. The highest BCUT2D eigenvalue weighted by molar-refractivity contribution is 14.1. The third-order valence-corrected chi connectivity index (χ3v) is 5.65. The van der Waals surface area contributed by atoms with Gasteiger partial charge in [0.25, 0.3) is 5.91 Å². The zero-order valence-corrected chi connectivity index (χ0v) is 17.5. The molecule has 0 unspecified atom stereocenters. The van der Waals surface area contributed by atoms with Crippen molar-refractivity contribution in [3.63, 3.8) is 0 Å². The van der Waals surface area contributed by atoms with Gasteiger partial charge < -0.3 is 9.84 Å². The Balaban J connectivity index is 1.96. The molecule has 0 aromatic heterocycles. The third-order valence-electron chi connectivity index (χ3n) is 3.82. The topological polar surface area (TPSA) is 62.1 Å². The Labute approximate surface area is 174 Å². The fraction of sp³-hybridized carbons (Fsp3) is 0.158. The number of methoxy groups -OCH3 is 1. The Hall–Kier alpha value is -2.07. The number of amidine groups is 1. The van der Waals surface area contributed by atoms with Crippen molar-refractivity contribution in [2.75, 3.05) is 13.7 Å². The van der Waals surface area contributed by atoms with Crippen LogP contribution in [0, 0.1) is 9.39 Å². The van der Waals surface area contributed by atoms with E-state index in [0.29, 0.717) is 31.6 Å². The average molecular weight is 498 g/mol. The van der Waals surface area contributed by atoms with E-state index in [1.54, 1.807) is 35.2 Å². The number of carbonyl (C=O) groups is 1. The summed E-state index contributed by atoms with van der Waals surface area (Å²) in [7, 11) is 1.48. The quantitative estimate of drug-likeness (QED) is 0.488. The minimum absolute atomic E-state index is 0.0689. The summed E-state index contributed by atoms with van der Waals surface area (Å²) in [6.45, 7) is 2.34. The lowest BCUT2D eigenvalue weighted by atomic mass is 10.2. The highest BCUT2D eigenvalue weighted by Crippen LogP contribution is 2.37. The van der Waals surface area contributed by atoms with Gasteiger partial charge in [0, 0.05) is 6.54 Å². The van der Waals surface area contributed by atoms with Gasteiger partial charge in [0.2, 0.25) is 0 Å². The predicted molar refractivity (Wildman–Crippen MR) is 114 cm³/mol. The Morgan fingerprint density at radius 1 is 1.33 bits per heavy atom. The first kappa shape index (κ1) is 19.7. The monoisotopic (exact) mass is 498 g/mol. The van der Waals surface area contributed by atoms with Gasteiger partial charge in [-0.2, -0.15) is 0 Å². The number of likely N-dealkylation sites (N-methyl/N-ethyl adjacent to an activating group) is 1. The molecule has 0 saturated carbocycles. The molecule has 0 spiro atoms. The Kier molecular flexibility index (Phi) is 6.05. The SMILES string of the molecule is CCN1C(=O)/C(=C\c2cc(I)c(O)c(OC)c2)SC1=Nc1ccc(F)cc1. The van der Waals surface area contributed by atoms with Crippen molar-refractivity contribution >= 4 is 57.2 Å². The summed E-state index contributed by atoms with van der Waals surface area (Å²) in [5.74, 6) is -0.0699. The minimum Gasteiger partial charge on any atom is -0.504 e. The summed E-state index contributed by atoms with van der Waals surface area (Å²) in [5, 5.41) is 10.5. The van der Waals surface area contributed by atoms with Crippen molar-refractivity contribution in [1.82, 2.24) is 4.90 Å². The molecule has 1 aliphatic heterocycles. The predicted octanol–water partition coefficient (Wildman–Crippen LogP) is 4.77. The van der Waals surface area contributed by atoms with Crippen LogP contribution in [0.1, 0.15) is 12.5 Å². The van der Waals surface area contributed by atoms with Crippen molar-refractivity contribution in [2.24, 2.45) is 4.99 Å². The number of nitrogens with zero attached hydrogens (tertiary/aromatic N) is 2. The molecule has 27 heavy (non-hydrogen) atoms. The molecular formula is C19H16FIN2O3S. The van der Waals surface area contributed by atoms with Crippen LogP contribution in [-0.4, -0.2) is 34.7 Å². The number of hydrogen-bond acceptors (Lipinski definition) is 5. The number of thioether (sulfide) groups is 1. The number of benzene rings is 2. The molecule has 1 amide bonds. The Morgan fingerprint density at radius 3 is 2.67 bits per heavy atom. The van der Waals surface area contributed by atoms with Gasteiger partial charge in [-0.3, -0.25) is 9.69 Å². The van der Waals surface area contributed by atoms with E-state index in [1.165, 1.54) is 31.0 Å². The summed E-state index contributed by atoms with van der Waals surface area (Å²) >= 11 is 3.27. The second-order valence-corrected chi connectivity index (χ2v) is 7.76. The van der Waals surface area contributed by atoms with Crippen LogP contribution in [-0.2, 0) is 4.79 Å². The molecule has 2 aromatic rings. The number of aromatic hydroxyl groups is 1. The largest absolute Gasteiger partial charge is 0.504 e. The maximum atomic E-state index is 13.1. The number of hydrogen-bond donors (Lipinski definition) is 1. The van der Waals surface area contributed by atoms with Crippen LogP contribution in [0.25, 0.3) is 6.08 Å². The van der Waals surface area contributed by atoms with Gasteiger partial charge in [-0.1, -0.05) is 0 Å². The summed E-state index contributed by atoms with van der Waals surface area (Å²) in [5.41, 5.74) is 1.32. The smallest absolute Gasteiger partial charge is 0.266 e. The standard InChI is InChI=1S/C19H16FIN2O3S/c1-3-23-18(25)16(10-11-8-14(21)17(24)15(9-11)26-2)27-19(23)22-13-6-4-12(20)5-7-13/h4-10,24H,3H2,1-2H3/b16-10+,22-19?. The van der Waals surface area contributed by atoms with E-state index in [2.05, 4.69) is 4.99 Å². The van der Waals surface area contributed by atoms with Gasteiger partial charge in [0.05, 0.1) is 21.3 Å². The van der Waals surface area contributed by atoms with Gasteiger partial charge in [-0.15, -0.1) is 0 Å². The Morgan fingerprint density at radius 2 is 2.04 bits per heavy atom. The molecular weight excluding hydrogens is 482 g/mol. The summed E-state index contributed by atoms with van der Waals surface area (Å²) in [6.07, 6.45) is 1.74. The lowest BCUT2D eigenvalue weighted by molar-refractivity contribution is -0.122. The third kappa shape index (κ3) is 4.27. The number of amides is 1. The number of carbonyl (C=O) groups excluding carboxylic acids is 1. The van der Waals surface area contributed by atoms with Crippen molar-refractivity contribution in [2.45, 2.75) is 6.92 Å². The van der Waals surface area contributed by atoms with Crippen LogP contribution in [0.4, 0.5) is 10.1 Å². The Bertz CT molecular complexity index is 945. The zero-order chi connectivity index (χ0) is 19.6. The number of halogens is 2. The van der Waals surface area contributed by atoms with Crippen molar-refractivity contribution in [3.8, 4) is 11.5 Å². The van der Waals surface area contributed by atoms with Gasteiger partial charge in [-0.05, 0) is 89.3 Å². The molecule has 1 fully saturated rings. The van der Waals surface area contributed by atoms with Crippen LogP contribution in [0.3, 0.4) is 0 Å². The molecule has 140 valence electrons. The summed E-state index contributed by atoms with van der Waals surface area (Å²) in [6, 6.07) is 9.23. The van der Waals surface area contributed by atoms with Gasteiger partial charge in [0.15, 0.2) is 16.7 Å². The molecule has 0 atom stereocenters. The van der Waals surface area contributed by atoms with Gasteiger partial charge in [-0.25, -0.2) is 9.38 Å². The van der Waals surface area contributed by atoms with E-state index >= 15 is 0 Å². The lowest BCUT2D eigenvalue weighted by Gasteiger charge is -2.12. The van der Waals surface area contributed by atoms with Crippen LogP contribution in [0.15, 0.2) is 46.3 Å². The zero-order valence-electron chi connectivity index (χ0n) is 14.6. The molecule has 1 N–H and O–H groups in total. The van der Waals surface area contributed by atoms with E-state index in [9.17, 15) is 14.3 Å². The minimum atomic E-state index is -0.335. The molecule has 0 radical (unpaired) electrons. The highest BCUT2D eigenvalue weighted by atomic mass is 127. The first-order valence-corrected chi connectivity index (χ1v) is 9.94. The van der Waals surface area contributed by atoms with Crippen molar-refractivity contribution in [1.29, 1.82) is 0 Å². The van der Waals surface area contributed by atoms with Crippen LogP contribution in [0.2, 0.25) is 0 Å². The lowest BCUT2D eigenvalue weighted by Crippen LogP contribution is -2.28. The number of ether oxygens (including phenoxy) is 1. The second kappa shape index (κ2) is 8.30. The van der Waals surface area contributed by atoms with Gasteiger partial charge in [0.1, 0.15) is 5.82 Å². The summed E-state index contributed by atoms with van der Waals surface area (Å²) in [4.78, 5) is 19.3. The molecule has 1 aliphatic rings. The highest BCUT2D eigenvalue weighted by Gasteiger charge is 2.32. The molecule has 3 rings (SSSR count). The fourth-order valence-electron chi connectivity index (χ4n) is 2.48. The van der Waals surface area contributed by atoms with Crippen molar-refractivity contribution < 1.29 is 19.0 Å². The van der Waals surface area contributed by atoms with Crippen LogP contribution >= 0.6 is 34.4 Å². The second-order valence-electron chi connectivity index (χ2n) is 5.58.